The van der Waals surface area contributed by atoms with Crippen molar-refractivity contribution < 1.29 is 118 Å². The lowest BCUT2D eigenvalue weighted by Crippen LogP contribution is -2.68. The van der Waals surface area contributed by atoms with Crippen molar-refractivity contribution in [1.82, 2.24) is 0 Å². The van der Waals surface area contributed by atoms with Crippen LogP contribution in [-0.4, -0.2) is 246 Å². The summed E-state index contributed by atoms with van der Waals surface area (Å²) in [6, 6.07) is 0. The molecule has 24 heteroatoms. The molecule has 0 amide bonds. The summed E-state index contributed by atoms with van der Waals surface area (Å²) in [6.45, 7) is 18.4. The highest BCUT2D eigenvalue weighted by Crippen LogP contribution is 2.41. The van der Waals surface area contributed by atoms with Crippen LogP contribution in [0.2, 0.25) is 0 Å². The molecule has 432 valence electrons. The van der Waals surface area contributed by atoms with E-state index in [4.69, 9.17) is 56.8 Å². The molecule has 74 heavy (non-hydrogen) atoms. The highest BCUT2D eigenvalue weighted by Gasteiger charge is 2.58. The van der Waals surface area contributed by atoms with Gasteiger partial charge in [0.05, 0.1) is 36.6 Å². The van der Waals surface area contributed by atoms with Crippen LogP contribution >= 0.6 is 0 Å². The molecule has 22 aliphatic heterocycles. The van der Waals surface area contributed by atoms with Crippen LogP contribution in [-0.2, 0) is 56.8 Å². The van der Waals surface area contributed by atoms with Gasteiger partial charge in [0.25, 0.3) is 0 Å². The zero-order chi connectivity index (χ0) is 54.4. The van der Waals surface area contributed by atoms with E-state index in [1.165, 1.54) is 0 Å². The molecular weight excluding hydrogens is 985 g/mol. The minimum Gasteiger partial charge on any atom is -0.387 e. The molecule has 22 heterocycles. The van der Waals surface area contributed by atoms with E-state index in [0.717, 1.165) is 0 Å². The number of aliphatic hydroxyl groups is 12. The molecule has 22 aliphatic rings. The third-order valence-electron chi connectivity index (χ3n) is 15.2. The maximum absolute atomic E-state index is 11.8. The van der Waals surface area contributed by atoms with E-state index in [1.807, 2.05) is 55.4 Å². The first-order chi connectivity index (χ1) is 34.8. The molecule has 24 nitrogen and oxygen atoms in total. The van der Waals surface area contributed by atoms with Gasteiger partial charge < -0.3 is 118 Å². The number of aliphatic hydroxyl groups excluding tert-OH is 12. The number of hydrogen-bond acceptors (Lipinski definition) is 24. The monoisotopic (exact) mass is 1070 g/mol. The van der Waals surface area contributed by atoms with E-state index in [2.05, 4.69) is 0 Å². The van der Waals surface area contributed by atoms with Crippen molar-refractivity contribution in [2.45, 2.75) is 292 Å². The summed E-state index contributed by atoms with van der Waals surface area (Å²) in [5, 5.41) is 141. The molecular formula is C50H88O24. The number of rotatable bonds is 10. The molecule has 0 aliphatic carbocycles. The standard InChI is InChI=1S/C50H88O24/c1-11-21-39-27(51)33(57)45(63-21)71-41-23(13-17(3)4)67-49(37(61)31(41)55)74-44-26(16-20(9)10)66-48(36(60)30(44)54)70-40-22(12-2)64-46(34(58)28(40)52)72-42-24(14-18(5)6)68-50(38(62)32(42)56)73-43-25(15-19(7)8)65-47(69-39)35(59)29(43)53/h17-62H,11-16H2,1-10H3. The molecule has 0 aromatic heterocycles. The topological polar surface area (TPSA) is 354 Å². The Bertz CT molecular complexity index is 1580. The molecule has 22 saturated heterocycles. The smallest absolute Gasteiger partial charge is 0.187 e. The summed E-state index contributed by atoms with van der Waals surface area (Å²) in [5.41, 5.74) is 0. The number of ether oxygens (including phenoxy) is 12. The zero-order valence-electron chi connectivity index (χ0n) is 44.1. The molecule has 12 bridgehead atoms. The second-order valence-electron chi connectivity index (χ2n) is 23.1. The van der Waals surface area contributed by atoms with Crippen molar-refractivity contribution in [3.05, 3.63) is 0 Å². The van der Waals surface area contributed by atoms with E-state index in [-0.39, 0.29) is 62.2 Å². The van der Waals surface area contributed by atoms with Crippen LogP contribution in [0.3, 0.4) is 0 Å². The lowest BCUT2D eigenvalue weighted by Gasteiger charge is -2.51. The van der Waals surface area contributed by atoms with E-state index in [9.17, 15) is 61.3 Å². The number of hydrogen-bond donors (Lipinski definition) is 12. The summed E-state index contributed by atoms with van der Waals surface area (Å²) in [5.74, 6) is -0.417. The van der Waals surface area contributed by atoms with Gasteiger partial charge in [-0.15, -0.1) is 0 Å². The maximum Gasteiger partial charge on any atom is 0.187 e. The van der Waals surface area contributed by atoms with E-state index in [0.29, 0.717) is 0 Å². The molecule has 30 unspecified atom stereocenters. The lowest BCUT2D eigenvalue weighted by atomic mass is 9.90. The van der Waals surface area contributed by atoms with Gasteiger partial charge >= 0.3 is 0 Å². The Kier molecular flexibility index (Phi) is 21.0. The minimum atomic E-state index is -1.86. The van der Waals surface area contributed by atoms with Crippen molar-refractivity contribution >= 4 is 0 Å². The fourth-order valence-corrected chi connectivity index (χ4v) is 11.3. The molecule has 0 aromatic rings. The van der Waals surface area contributed by atoms with Crippen LogP contribution < -0.4 is 0 Å². The molecule has 0 radical (unpaired) electrons. The van der Waals surface area contributed by atoms with Gasteiger partial charge in [0, 0.05) is 0 Å². The van der Waals surface area contributed by atoms with Crippen molar-refractivity contribution in [3.8, 4) is 0 Å². The van der Waals surface area contributed by atoms with Gasteiger partial charge in [-0.05, 0) is 62.2 Å². The summed E-state index contributed by atoms with van der Waals surface area (Å²) in [4.78, 5) is 0. The summed E-state index contributed by atoms with van der Waals surface area (Å²) in [7, 11) is 0. The van der Waals surface area contributed by atoms with Crippen LogP contribution in [0.5, 0.6) is 0 Å². The van der Waals surface area contributed by atoms with Gasteiger partial charge in [-0.3, -0.25) is 0 Å². The molecule has 30 atom stereocenters. The van der Waals surface area contributed by atoms with Crippen molar-refractivity contribution in [1.29, 1.82) is 0 Å². The first-order valence-electron chi connectivity index (χ1n) is 26.9. The average Bonchev–Trinajstić information content (AvgIpc) is 3.33. The summed E-state index contributed by atoms with van der Waals surface area (Å²) in [6.07, 6.45) is -45.4. The van der Waals surface area contributed by atoms with Gasteiger partial charge in [-0.1, -0.05) is 69.2 Å². The Balaban J connectivity index is 1.24. The fourth-order valence-electron chi connectivity index (χ4n) is 11.3. The third-order valence-corrected chi connectivity index (χ3v) is 15.2. The van der Waals surface area contributed by atoms with Gasteiger partial charge in [0.1, 0.15) is 110 Å². The molecule has 0 spiro atoms. The SMILES string of the molecule is CCC1OC2OC3C(CC(C)C)OC(OC4C(CC(C)C)OC(OC5C(CC)OC(OC6C(CC(C)C)OC(OC7C(CC(C)C)OC(OC1C(O)C2O)C(O)C7O)C(O)C6O)C(O)C5O)C(O)C4O)C(O)C3O. The second kappa shape index (κ2) is 25.7. The fraction of sp³-hybridized carbons (Fsp3) is 1.00. The predicted molar refractivity (Wildman–Crippen MR) is 252 cm³/mol. The van der Waals surface area contributed by atoms with Crippen LogP contribution in [0.4, 0.5) is 0 Å². The van der Waals surface area contributed by atoms with Gasteiger partial charge in [0.15, 0.2) is 37.7 Å². The molecule has 22 fully saturated rings. The molecule has 12 N–H and O–H groups in total. The molecule has 0 saturated carbocycles. The average molecular weight is 1070 g/mol. The van der Waals surface area contributed by atoms with E-state index >= 15 is 0 Å². The Morgan fingerprint density at radius 2 is 0.378 bits per heavy atom. The van der Waals surface area contributed by atoms with Crippen LogP contribution in [0.15, 0.2) is 0 Å². The summed E-state index contributed by atoms with van der Waals surface area (Å²) < 4.78 is 75.1. The first kappa shape index (κ1) is 60.7. The van der Waals surface area contributed by atoms with Gasteiger partial charge in [-0.25, -0.2) is 0 Å². The quantitative estimate of drug-likeness (QED) is 0.113. The molecule has 0 aromatic carbocycles. The maximum atomic E-state index is 11.8. The van der Waals surface area contributed by atoms with Crippen LogP contribution in [0.1, 0.15) is 108 Å². The Labute approximate surface area is 432 Å². The Morgan fingerprint density at radius 3 is 0.527 bits per heavy atom. The summed E-state index contributed by atoms with van der Waals surface area (Å²) >= 11 is 0. The first-order valence-corrected chi connectivity index (χ1v) is 26.9. The predicted octanol–water partition coefficient (Wildman–Crippen LogP) is -2.00. The highest BCUT2D eigenvalue weighted by molar-refractivity contribution is 5.01. The Morgan fingerprint density at radius 1 is 0.230 bits per heavy atom. The third kappa shape index (κ3) is 13.1. The van der Waals surface area contributed by atoms with Crippen LogP contribution in [0, 0.1) is 23.7 Å². The van der Waals surface area contributed by atoms with Crippen molar-refractivity contribution in [2.75, 3.05) is 0 Å². The second-order valence-corrected chi connectivity index (χ2v) is 23.1. The lowest BCUT2D eigenvalue weighted by molar-refractivity contribution is -0.402. The van der Waals surface area contributed by atoms with Crippen LogP contribution in [0.25, 0.3) is 0 Å². The highest BCUT2D eigenvalue weighted by atomic mass is 16.8. The zero-order valence-corrected chi connectivity index (χ0v) is 44.1. The van der Waals surface area contributed by atoms with E-state index in [1.54, 1.807) is 13.8 Å². The Hall–Kier alpha value is -0.960. The van der Waals surface area contributed by atoms with Crippen molar-refractivity contribution in [2.24, 2.45) is 23.7 Å². The normalized spacial score (nSPS) is 51.0. The van der Waals surface area contributed by atoms with Gasteiger partial charge in [-0.2, -0.15) is 0 Å². The van der Waals surface area contributed by atoms with E-state index < -0.39 is 184 Å². The van der Waals surface area contributed by atoms with Crippen molar-refractivity contribution in [3.63, 3.8) is 0 Å². The minimum absolute atomic E-state index is 0.104. The molecule has 22 rings (SSSR count). The van der Waals surface area contributed by atoms with Gasteiger partial charge in [0.2, 0.25) is 0 Å². The largest absolute Gasteiger partial charge is 0.387 e.